The molecule has 0 aliphatic heterocycles. The van der Waals surface area contributed by atoms with E-state index in [1.54, 1.807) is 19.1 Å². The third-order valence-corrected chi connectivity index (χ3v) is 4.47. The molecule has 0 aliphatic carbocycles. The summed E-state index contributed by atoms with van der Waals surface area (Å²) < 4.78 is 17.9. The molecule has 2 rings (SSSR count). The highest BCUT2D eigenvalue weighted by molar-refractivity contribution is 8.00. The van der Waals surface area contributed by atoms with Gasteiger partial charge in [-0.25, -0.2) is 4.39 Å². The molecule has 1 atom stereocenters. The molecule has 0 saturated carbocycles. The molecule has 2 aromatic carbocycles. The van der Waals surface area contributed by atoms with E-state index in [1.807, 2.05) is 31.2 Å². The molecule has 4 nitrogen and oxygen atoms in total. The van der Waals surface area contributed by atoms with E-state index in [9.17, 15) is 14.0 Å². The Balaban J connectivity index is 1.70. The third-order valence-electron chi connectivity index (χ3n) is 3.49. The van der Waals surface area contributed by atoms with Gasteiger partial charge in [-0.15, -0.1) is 11.8 Å². The molecule has 0 unspecified atom stereocenters. The molecule has 0 aromatic heterocycles. The second-order valence-corrected chi connectivity index (χ2v) is 6.65. The Labute approximate surface area is 150 Å². The van der Waals surface area contributed by atoms with Crippen molar-refractivity contribution >= 4 is 23.6 Å². The normalized spacial score (nSPS) is 11.6. The van der Waals surface area contributed by atoms with Crippen LogP contribution in [-0.4, -0.2) is 24.2 Å². The average molecular weight is 361 g/mol. The van der Waals surface area contributed by atoms with Crippen molar-refractivity contribution in [2.75, 3.05) is 12.4 Å². The van der Waals surface area contributed by atoms with Gasteiger partial charge in [0.25, 0.3) is 5.91 Å². The van der Waals surface area contributed by atoms with Gasteiger partial charge >= 0.3 is 5.97 Å². The number of aryl methyl sites for hydroxylation is 1. The van der Waals surface area contributed by atoms with E-state index < -0.39 is 11.9 Å². The van der Waals surface area contributed by atoms with E-state index >= 15 is 0 Å². The first kappa shape index (κ1) is 19.0. The second-order valence-electron chi connectivity index (χ2n) is 5.60. The lowest BCUT2D eigenvalue weighted by atomic mass is 10.1. The van der Waals surface area contributed by atoms with Gasteiger partial charge in [0.05, 0.1) is 11.8 Å². The van der Waals surface area contributed by atoms with Gasteiger partial charge in [0.2, 0.25) is 0 Å². The standard InChI is InChI=1S/C19H20FNO3S/c1-13-3-9-17(10-4-13)25-12-19(23)24-11-18(22)21-14(2)15-5-7-16(20)8-6-15/h3-10,14H,11-12H2,1-2H3,(H,21,22)/t14-/m0/s1. The van der Waals surface area contributed by atoms with Crippen LogP contribution in [0.15, 0.2) is 53.4 Å². The molecule has 0 bridgehead atoms. The van der Waals surface area contributed by atoms with Crippen molar-refractivity contribution in [2.45, 2.75) is 24.8 Å². The number of amides is 1. The minimum atomic E-state index is -0.449. The fourth-order valence-corrected chi connectivity index (χ4v) is 2.78. The summed E-state index contributed by atoms with van der Waals surface area (Å²) in [4.78, 5) is 24.5. The van der Waals surface area contributed by atoms with E-state index in [0.29, 0.717) is 0 Å². The molecule has 0 spiro atoms. The zero-order chi connectivity index (χ0) is 18.2. The van der Waals surface area contributed by atoms with Gasteiger partial charge in [-0.05, 0) is 43.7 Å². The summed E-state index contributed by atoms with van der Waals surface area (Å²) in [5, 5.41) is 2.71. The largest absolute Gasteiger partial charge is 0.455 e. The van der Waals surface area contributed by atoms with Crippen LogP contribution < -0.4 is 5.32 Å². The van der Waals surface area contributed by atoms with Crippen molar-refractivity contribution in [1.29, 1.82) is 0 Å². The Bertz CT molecular complexity index is 716. The second kappa shape index (κ2) is 9.22. The Morgan fingerprint density at radius 3 is 2.40 bits per heavy atom. The molecule has 25 heavy (non-hydrogen) atoms. The number of hydrogen-bond acceptors (Lipinski definition) is 4. The molecule has 0 aliphatic rings. The van der Waals surface area contributed by atoms with Crippen molar-refractivity contribution in [1.82, 2.24) is 5.32 Å². The van der Waals surface area contributed by atoms with Gasteiger partial charge in [-0.2, -0.15) is 0 Å². The highest BCUT2D eigenvalue weighted by atomic mass is 32.2. The maximum atomic E-state index is 12.9. The smallest absolute Gasteiger partial charge is 0.316 e. The highest BCUT2D eigenvalue weighted by Gasteiger charge is 2.12. The minimum Gasteiger partial charge on any atom is -0.455 e. The molecular weight excluding hydrogens is 341 g/mol. The molecule has 6 heteroatoms. The van der Waals surface area contributed by atoms with Gasteiger partial charge in [-0.1, -0.05) is 29.8 Å². The number of nitrogens with one attached hydrogen (secondary N) is 1. The molecule has 132 valence electrons. The molecule has 0 heterocycles. The molecular formula is C19H20FNO3S. The molecule has 0 saturated heterocycles. The van der Waals surface area contributed by atoms with Crippen LogP contribution in [0, 0.1) is 12.7 Å². The maximum Gasteiger partial charge on any atom is 0.316 e. The molecule has 1 amide bonds. The summed E-state index contributed by atoms with van der Waals surface area (Å²) in [5.41, 5.74) is 1.93. The number of ether oxygens (including phenoxy) is 1. The Morgan fingerprint density at radius 2 is 1.76 bits per heavy atom. The summed E-state index contributed by atoms with van der Waals surface area (Å²) in [6, 6.07) is 13.4. The average Bonchev–Trinajstić information content (AvgIpc) is 2.60. The topological polar surface area (TPSA) is 55.4 Å². The number of esters is 1. The van der Waals surface area contributed by atoms with E-state index in [1.165, 1.54) is 23.9 Å². The van der Waals surface area contributed by atoms with Crippen molar-refractivity contribution in [3.8, 4) is 0 Å². The number of hydrogen-bond donors (Lipinski definition) is 1. The zero-order valence-corrected chi connectivity index (χ0v) is 14.9. The third kappa shape index (κ3) is 6.58. The van der Waals surface area contributed by atoms with Crippen molar-refractivity contribution in [3.63, 3.8) is 0 Å². The van der Waals surface area contributed by atoms with Gasteiger partial charge in [0.15, 0.2) is 6.61 Å². The van der Waals surface area contributed by atoms with Crippen LogP contribution in [0.2, 0.25) is 0 Å². The van der Waals surface area contributed by atoms with E-state index in [2.05, 4.69) is 5.32 Å². The van der Waals surface area contributed by atoms with E-state index in [-0.39, 0.29) is 24.2 Å². The first-order chi connectivity index (χ1) is 11.9. The van der Waals surface area contributed by atoms with Crippen LogP contribution in [0.3, 0.4) is 0 Å². The lowest BCUT2D eigenvalue weighted by molar-refractivity contribution is -0.146. The van der Waals surface area contributed by atoms with Gasteiger partial charge in [0, 0.05) is 4.90 Å². The summed E-state index contributed by atoms with van der Waals surface area (Å²) in [5.74, 6) is -1.04. The van der Waals surface area contributed by atoms with Crippen molar-refractivity contribution in [3.05, 3.63) is 65.5 Å². The van der Waals surface area contributed by atoms with Crippen molar-refractivity contribution < 1.29 is 18.7 Å². The predicted octanol–water partition coefficient (Wildman–Crippen LogP) is 3.65. The summed E-state index contributed by atoms with van der Waals surface area (Å²) in [6.45, 7) is 3.44. The number of halogens is 1. The van der Waals surface area contributed by atoms with Crippen molar-refractivity contribution in [2.24, 2.45) is 0 Å². The molecule has 2 aromatic rings. The first-order valence-electron chi connectivity index (χ1n) is 7.84. The lowest BCUT2D eigenvalue weighted by Gasteiger charge is -2.14. The summed E-state index contributed by atoms with van der Waals surface area (Å²) in [6.07, 6.45) is 0. The van der Waals surface area contributed by atoms with Gasteiger partial charge in [-0.3, -0.25) is 9.59 Å². The van der Waals surface area contributed by atoms with E-state index in [0.717, 1.165) is 16.0 Å². The molecule has 0 fully saturated rings. The molecule has 0 radical (unpaired) electrons. The predicted molar refractivity (Wildman–Crippen MR) is 95.8 cm³/mol. The Kier molecular flexibility index (Phi) is 7.01. The van der Waals surface area contributed by atoms with Gasteiger partial charge < -0.3 is 10.1 Å². The quantitative estimate of drug-likeness (QED) is 0.604. The van der Waals surface area contributed by atoms with Crippen LogP contribution in [0.4, 0.5) is 4.39 Å². The highest BCUT2D eigenvalue weighted by Crippen LogP contribution is 2.18. The Morgan fingerprint density at radius 1 is 1.12 bits per heavy atom. The number of rotatable bonds is 7. The summed E-state index contributed by atoms with van der Waals surface area (Å²) >= 11 is 1.36. The van der Waals surface area contributed by atoms with Crippen LogP contribution in [0.1, 0.15) is 24.1 Å². The van der Waals surface area contributed by atoms with Crippen LogP contribution in [0.5, 0.6) is 0 Å². The first-order valence-corrected chi connectivity index (χ1v) is 8.82. The van der Waals surface area contributed by atoms with Crippen LogP contribution in [0.25, 0.3) is 0 Å². The van der Waals surface area contributed by atoms with E-state index in [4.69, 9.17) is 4.74 Å². The number of thioether (sulfide) groups is 1. The molecule has 1 N–H and O–H groups in total. The monoisotopic (exact) mass is 361 g/mol. The SMILES string of the molecule is Cc1ccc(SCC(=O)OCC(=O)N[C@@H](C)c2ccc(F)cc2)cc1. The maximum absolute atomic E-state index is 12.9. The zero-order valence-electron chi connectivity index (χ0n) is 14.1. The van der Waals surface area contributed by atoms with Gasteiger partial charge in [0.1, 0.15) is 5.82 Å². The van der Waals surface area contributed by atoms with Crippen LogP contribution >= 0.6 is 11.8 Å². The Hall–Kier alpha value is -2.34. The number of carbonyl (C=O) groups excluding carboxylic acids is 2. The number of benzene rings is 2. The summed E-state index contributed by atoms with van der Waals surface area (Å²) in [7, 11) is 0. The fraction of sp³-hybridized carbons (Fsp3) is 0.263. The number of carbonyl (C=O) groups is 2. The van der Waals surface area contributed by atoms with Crippen LogP contribution in [-0.2, 0) is 14.3 Å². The minimum absolute atomic E-state index is 0.143. The fourth-order valence-electron chi connectivity index (χ4n) is 2.08. The lowest BCUT2D eigenvalue weighted by Crippen LogP contribution is -2.31.